The smallest absolute Gasteiger partial charge is 0.305 e. The van der Waals surface area contributed by atoms with Gasteiger partial charge in [0.25, 0.3) is 0 Å². The van der Waals surface area contributed by atoms with Crippen molar-refractivity contribution in [2.45, 2.75) is 32.7 Å². The van der Waals surface area contributed by atoms with Crippen molar-refractivity contribution in [2.24, 2.45) is 11.8 Å². The summed E-state index contributed by atoms with van der Waals surface area (Å²) < 4.78 is 11.1. The molecule has 1 fully saturated rings. The summed E-state index contributed by atoms with van der Waals surface area (Å²) in [6.45, 7) is 4.63. The topological polar surface area (TPSA) is 134 Å². The number of anilines is 1. The molecule has 1 aromatic carbocycles. The zero-order valence-corrected chi connectivity index (χ0v) is 17.6. The molecule has 2 heterocycles. The van der Waals surface area contributed by atoms with Gasteiger partial charge in [-0.1, -0.05) is 13.8 Å². The van der Waals surface area contributed by atoms with Gasteiger partial charge < -0.3 is 30.1 Å². The zero-order chi connectivity index (χ0) is 22.5. The van der Waals surface area contributed by atoms with E-state index in [1.807, 2.05) is 0 Å². The lowest BCUT2D eigenvalue weighted by molar-refractivity contribution is -0.137. The summed E-state index contributed by atoms with van der Waals surface area (Å²) in [6, 6.07) is 4.39. The molecule has 3 N–H and O–H groups in total. The molecule has 10 heteroatoms. The number of amides is 3. The van der Waals surface area contributed by atoms with Crippen LogP contribution in [0.2, 0.25) is 0 Å². The van der Waals surface area contributed by atoms with E-state index in [-0.39, 0.29) is 43.7 Å². The number of hydrogen-bond acceptors (Lipinski definition) is 6. The summed E-state index contributed by atoms with van der Waals surface area (Å²) in [5.74, 6) is -1.68. The van der Waals surface area contributed by atoms with Crippen LogP contribution < -0.4 is 25.0 Å². The van der Waals surface area contributed by atoms with Crippen LogP contribution in [0.3, 0.4) is 0 Å². The minimum Gasteiger partial charge on any atom is -0.486 e. The Balaban J connectivity index is 1.62. The number of hydrogen-bond donors (Lipinski definition) is 3. The van der Waals surface area contributed by atoms with Crippen molar-refractivity contribution in [3.63, 3.8) is 0 Å². The molecule has 1 saturated heterocycles. The van der Waals surface area contributed by atoms with Gasteiger partial charge in [0.2, 0.25) is 17.7 Å². The molecular weight excluding hydrogens is 406 g/mol. The maximum Gasteiger partial charge on any atom is 0.305 e. The molecule has 31 heavy (non-hydrogen) atoms. The molecule has 10 nitrogen and oxygen atoms in total. The Morgan fingerprint density at radius 2 is 1.90 bits per heavy atom. The van der Waals surface area contributed by atoms with Crippen LogP contribution in [0.4, 0.5) is 5.69 Å². The molecule has 168 valence electrons. The van der Waals surface area contributed by atoms with E-state index >= 15 is 0 Å². The molecule has 0 aliphatic carbocycles. The maximum atomic E-state index is 12.8. The molecular formula is C21H27N3O7. The number of carboxylic acids is 1. The van der Waals surface area contributed by atoms with Gasteiger partial charge >= 0.3 is 5.97 Å². The Morgan fingerprint density at radius 1 is 1.19 bits per heavy atom. The lowest BCUT2D eigenvalue weighted by atomic mass is 10.0. The van der Waals surface area contributed by atoms with E-state index in [4.69, 9.17) is 14.6 Å². The Labute approximate surface area is 179 Å². The van der Waals surface area contributed by atoms with Crippen LogP contribution in [0, 0.1) is 11.8 Å². The number of carbonyl (C=O) groups excluding carboxylic acids is 3. The summed E-state index contributed by atoms with van der Waals surface area (Å²) in [4.78, 5) is 49.9. The third kappa shape index (κ3) is 5.44. The van der Waals surface area contributed by atoms with Gasteiger partial charge in [-0.25, -0.2) is 0 Å². The van der Waals surface area contributed by atoms with Gasteiger partial charge in [0.1, 0.15) is 19.3 Å². The van der Waals surface area contributed by atoms with Crippen molar-refractivity contribution < 1.29 is 33.8 Å². The van der Waals surface area contributed by atoms with Crippen molar-refractivity contribution in [2.75, 3.05) is 31.2 Å². The predicted molar refractivity (Wildman–Crippen MR) is 110 cm³/mol. The molecule has 3 amide bonds. The van der Waals surface area contributed by atoms with Crippen LogP contribution >= 0.6 is 0 Å². The van der Waals surface area contributed by atoms with Crippen molar-refractivity contribution >= 4 is 29.4 Å². The van der Waals surface area contributed by atoms with Gasteiger partial charge in [-0.05, 0) is 18.1 Å². The zero-order valence-electron chi connectivity index (χ0n) is 17.6. The molecule has 0 spiro atoms. The number of fused-ring (bicyclic) bond motifs is 1. The van der Waals surface area contributed by atoms with E-state index < -0.39 is 23.8 Å². The Morgan fingerprint density at radius 3 is 2.58 bits per heavy atom. The second kappa shape index (κ2) is 9.67. The van der Waals surface area contributed by atoms with Gasteiger partial charge in [-0.2, -0.15) is 0 Å². The van der Waals surface area contributed by atoms with Gasteiger partial charge in [-0.15, -0.1) is 0 Å². The standard InChI is InChI=1S/C21H27N3O7/c1-12(2)19(21(29)22-6-5-18(26)27)23-20(28)13-9-17(25)24(11-13)14-3-4-15-16(10-14)31-8-7-30-15/h3-4,10,12-13,19H,5-9,11H2,1-2H3,(H,22,29)(H,23,28)(H,26,27)/t13-,19+/m1/s1. The van der Waals surface area contributed by atoms with Crippen LogP contribution in [-0.2, 0) is 19.2 Å². The fourth-order valence-electron chi connectivity index (χ4n) is 3.54. The Hall–Kier alpha value is -3.30. The molecule has 2 aliphatic rings. The van der Waals surface area contributed by atoms with Crippen LogP contribution in [0.25, 0.3) is 0 Å². The minimum atomic E-state index is -1.02. The van der Waals surface area contributed by atoms with Gasteiger partial charge in [0.15, 0.2) is 11.5 Å². The SMILES string of the molecule is CC(C)[C@H](NC(=O)[C@@H]1CC(=O)N(c2ccc3c(c2)OCCO3)C1)C(=O)NCCC(=O)O. The highest BCUT2D eigenvalue weighted by Gasteiger charge is 2.37. The fourth-order valence-corrected chi connectivity index (χ4v) is 3.54. The molecule has 2 aliphatic heterocycles. The third-order valence-corrected chi connectivity index (χ3v) is 5.22. The second-order valence-electron chi connectivity index (χ2n) is 7.90. The number of nitrogens with zero attached hydrogens (tertiary/aromatic N) is 1. The average molecular weight is 433 g/mol. The first-order valence-electron chi connectivity index (χ1n) is 10.3. The number of nitrogens with one attached hydrogen (secondary N) is 2. The fraction of sp³-hybridized carbons (Fsp3) is 0.524. The third-order valence-electron chi connectivity index (χ3n) is 5.22. The Kier molecular flexibility index (Phi) is 6.98. The number of benzene rings is 1. The quantitative estimate of drug-likeness (QED) is 0.545. The van der Waals surface area contributed by atoms with Gasteiger partial charge in [0, 0.05) is 31.3 Å². The van der Waals surface area contributed by atoms with Crippen molar-refractivity contribution in [3.05, 3.63) is 18.2 Å². The lowest BCUT2D eigenvalue weighted by Crippen LogP contribution is -2.51. The van der Waals surface area contributed by atoms with Crippen LogP contribution in [-0.4, -0.2) is 61.1 Å². The van der Waals surface area contributed by atoms with Crippen LogP contribution in [0.15, 0.2) is 18.2 Å². The average Bonchev–Trinajstić information content (AvgIpc) is 3.12. The first-order valence-corrected chi connectivity index (χ1v) is 10.3. The maximum absolute atomic E-state index is 12.8. The normalized spacial score (nSPS) is 18.6. The summed E-state index contributed by atoms with van der Waals surface area (Å²) in [5.41, 5.74) is 0.622. The van der Waals surface area contributed by atoms with E-state index in [2.05, 4.69) is 10.6 Å². The molecule has 0 bridgehead atoms. The number of ether oxygens (including phenoxy) is 2. The Bertz CT molecular complexity index is 871. The molecule has 1 aromatic rings. The van der Waals surface area contributed by atoms with E-state index in [1.54, 1.807) is 32.0 Å². The monoisotopic (exact) mass is 433 g/mol. The highest BCUT2D eigenvalue weighted by molar-refractivity contribution is 6.01. The predicted octanol–water partition coefficient (Wildman–Crippen LogP) is 0.542. The molecule has 0 radical (unpaired) electrons. The van der Waals surface area contributed by atoms with E-state index in [0.717, 1.165) is 0 Å². The highest BCUT2D eigenvalue weighted by Crippen LogP contribution is 2.36. The first-order chi connectivity index (χ1) is 14.8. The summed E-state index contributed by atoms with van der Waals surface area (Å²) in [5, 5.41) is 13.9. The van der Waals surface area contributed by atoms with E-state index in [1.165, 1.54) is 4.90 Å². The van der Waals surface area contributed by atoms with Gasteiger partial charge in [0.05, 0.1) is 12.3 Å². The van der Waals surface area contributed by atoms with Crippen LogP contribution in [0.5, 0.6) is 11.5 Å². The lowest BCUT2D eigenvalue weighted by Gasteiger charge is -2.24. The van der Waals surface area contributed by atoms with Crippen LogP contribution in [0.1, 0.15) is 26.7 Å². The van der Waals surface area contributed by atoms with Crippen molar-refractivity contribution in [1.29, 1.82) is 0 Å². The molecule has 0 aromatic heterocycles. The molecule has 0 unspecified atom stereocenters. The largest absolute Gasteiger partial charge is 0.486 e. The van der Waals surface area contributed by atoms with Crippen molar-refractivity contribution in [3.8, 4) is 11.5 Å². The van der Waals surface area contributed by atoms with Gasteiger partial charge in [-0.3, -0.25) is 19.2 Å². The first kappa shape index (κ1) is 22.4. The number of rotatable bonds is 8. The summed E-state index contributed by atoms with van der Waals surface area (Å²) in [7, 11) is 0. The summed E-state index contributed by atoms with van der Waals surface area (Å²) in [6.07, 6.45) is -0.169. The molecule has 0 saturated carbocycles. The molecule has 3 rings (SSSR count). The van der Waals surface area contributed by atoms with E-state index in [0.29, 0.717) is 30.4 Å². The number of carboxylic acid groups (broad SMARTS) is 1. The number of aliphatic carboxylic acids is 1. The molecule has 2 atom stereocenters. The second-order valence-corrected chi connectivity index (χ2v) is 7.90. The minimum absolute atomic E-state index is 0.0208. The van der Waals surface area contributed by atoms with E-state index in [9.17, 15) is 19.2 Å². The van der Waals surface area contributed by atoms with Crippen molar-refractivity contribution in [1.82, 2.24) is 10.6 Å². The highest BCUT2D eigenvalue weighted by atomic mass is 16.6. The number of carbonyl (C=O) groups is 4. The summed E-state index contributed by atoms with van der Waals surface area (Å²) >= 11 is 0.